The van der Waals surface area contributed by atoms with Gasteiger partial charge in [-0.15, -0.1) is 0 Å². The predicted octanol–water partition coefficient (Wildman–Crippen LogP) is 3.70. The normalized spacial score (nSPS) is 14.4. The average Bonchev–Trinajstić information content (AvgIpc) is 2.58. The summed E-state index contributed by atoms with van der Waals surface area (Å²) in [6, 6.07) is 4.85. The molecule has 0 saturated carbocycles. The van der Waals surface area contributed by atoms with E-state index in [1.807, 2.05) is 0 Å². The van der Waals surface area contributed by atoms with Gasteiger partial charge in [0.1, 0.15) is 15.7 Å². The fourth-order valence-corrected chi connectivity index (χ4v) is 3.55. The van der Waals surface area contributed by atoms with Crippen molar-refractivity contribution in [2.45, 2.75) is 28.5 Å². The fraction of sp³-hybridized carbons (Fsp3) is 0.188. The van der Waals surface area contributed by atoms with E-state index in [1.54, 1.807) is 5.32 Å². The van der Waals surface area contributed by atoms with E-state index in [4.69, 9.17) is 11.6 Å². The van der Waals surface area contributed by atoms with E-state index in [1.165, 1.54) is 0 Å². The molecule has 2 rings (SSSR count). The molecule has 0 aliphatic heterocycles. The first-order chi connectivity index (χ1) is 12.7. The van der Waals surface area contributed by atoms with Gasteiger partial charge in [-0.3, -0.25) is 4.79 Å². The molecule has 0 aromatic heterocycles. The van der Waals surface area contributed by atoms with Gasteiger partial charge in [-0.1, -0.05) is 11.6 Å². The Balaban J connectivity index is 2.43. The third kappa shape index (κ3) is 3.96. The third-order valence-electron chi connectivity index (χ3n) is 3.70. The minimum atomic E-state index is -5.33. The molecule has 2 aromatic carbocycles. The van der Waals surface area contributed by atoms with Crippen LogP contribution in [0.15, 0.2) is 46.2 Å². The van der Waals surface area contributed by atoms with E-state index in [2.05, 4.69) is 0 Å². The Labute approximate surface area is 160 Å². The van der Waals surface area contributed by atoms with E-state index in [0.717, 1.165) is 30.3 Å². The molecule has 2 N–H and O–H groups in total. The Bertz CT molecular complexity index is 1020. The summed E-state index contributed by atoms with van der Waals surface area (Å²) in [5, 5.41) is 9.90. The third-order valence-corrected chi connectivity index (χ3v) is 5.86. The molecule has 152 valence electrons. The average molecular weight is 444 g/mol. The first kappa shape index (κ1) is 22.1. The molecule has 0 saturated heterocycles. The molecular formula is C16H11ClF5NO4S. The van der Waals surface area contributed by atoms with Crippen LogP contribution in [0.2, 0.25) is 5.02 Å². The lowest BCUT2D eigenvalue weighted by Gasteiger charge is -2.25. The summed E-state index contributed by atoms with van der Waals surface area (Å²) in [6.07, 6.45) is -5.33. The number of alkyl halides is 3. The van der Waals surface area contributed by atoms with Crippen LogP contribution in [0.25, 0.3) is 0 Å². The lowest BCUT2D eigenvalue weighted by atomic mass is 10.1. The van der Waals surface area contributed by atoms with Crippen molar-refractivity contribution in [3.8, 4) is 0 Å². The zero-order chi connectivity index (χ0) is 21.5. The van der Waals surface area contributed by atoms with Crippen LogP contribution in [0.3, 0.4) is 0 Å². The van der Waals surface area contributed by atoms with Gasteiger partial charge in [0.2, 0.25) is 15.4 Å². The van der Waals surface area contributed by atoms with Gasteiger partial charge in [-0.05, 0) is 43.3 Å². The summed E-state index contributed by atoms with van der Waals surface area (Å²) in [6.45, 7) is 0.181. The van der Waals surface area contributed by atoms with Crippen LogP contribution in [0, 0.1) is 11.6 Å². The molecule has 1 unspecified atom stereocenters. The maximum Gasteiger partial charge on any atom is 0.426 e. The van der Waals surface area contributed by atoms with Gasteiger partial charge in [0.05, 0.1) is 10.6 Å². The summed E-state index contributed by atoms with van der Waals surface area (Å²) in [7, 11) is -4.47. The van der Waals surface area contributed by atoms with Crippen LogP contribution in [-0.2, 0) is 14.6 Å². The van der Waals surface area contributed by atoms with Crippen molar-refractivity contribution in [3.05, 3.63) is 53.1 Å². The molecular weight excluding hydrogens is 433 g/mol. The number of halogens is 6. The maximum atomic E-state index is 14.5. The predicted molar refractivity (Wildman–Crippen MR) is 88.6 cm³/mol. The Morgan fingerprint density at radius 2 is 1.61 bits per heavy atom. The van der Waals surface area contributed by atoms with E-state index < -0.39 is 59.7 Å². The summed E-state index contributed by atoms with van der Waals surface area (Å²) in [5.74, 6) is -4.22. The van der Waals surface area contributed by atoms with Crippen LogP contribution in [0.4, 0.5) is 27.6 Å². The second-order valence-corrected chi connectivity index (χ2v) is 8.02. The highest BCUT2D eigenvalue weighted by atomic mass is 35.5. The van der Waals surface area contributed by atoms with Crippen LogP contribution >= 0.6 is 11.6 Å². The number of amides is 1. The summed E-state index contributed by atoms with van der Waals surface area (Å²) in [5.41, 5.74) is -4.49. The molecule has 0 bridgehead atoms. The molecule has 1 amide bonds. The second-order valence-electron chi connectivity index (χ2n) is 5.72. The quantitative estimate of drug-likeness (QED) is 0.557. The van der Waals surface area contributed by atoms with Crippen LogP contribution in [0.5, 0.6) is 0 Å². The first-order valence-corrected chi connectivity index (χ1v) is 9.15. The maximum absolute atomic E-state index is 14.5. The highest BCUT2D eigenvalue weighted by molar-refractivity contribution is 7.91. The van der Waals surface area contributed by atoms with Crippen LogP contribution in [0.1, 0.15) is 6.92 Å². The van der Waals surface area contributed by atoms with Crippen molar-refractivity contribution >= 4 is 33.0 Å². The molecule has 0 aliphatic rings. The topological polar surface area (TPSA) is 83.5 Å². The van der Waals surface area contributed by atoms with Gasteiger partial charge in [0.15, 0.2) is 5.82 Å². The number of hydrogen-bond donors (Lipinski definition) is 2. The number of nitrogens with one attached hydrogen (secondary N) is 1. The van der Waals surface area contributed by atoms with E-state index in [9.17, 15) is 40.3 Å². The zero-order valence-electron chi connectivity index (χ0n) is 13.8. The molecule has 0 spiro atoms. The molecule has 5 nitrogen and oxygen atoms in total. The number of carbonyl (C=O) groups is 1. The van der Waals surface area contributed by atoms with Crippen molar-refractivity contribution in [2.24, 2.45) is 0 Å². The molecule has 0 heterocycles. The van der Waals surface area contributed by atoms with Gasteiger partial charge in [0, 0.05) is 0 Å². The van der Waals surface area contributed by atoms with Gasteiger partial charge >= 0.3 is 6.18 Å². The molecule has 0 fully saturated rings. The number of aliphatic hydroxyl groups is 1. The highest BCUT2D eigenvalue weighted by Gasteiger charge is 2.55. The minimum Gasteiger partial charge on any atom is -0.373 e. The Morgan fingerprint density at radius 3 is 2.11 bits per heavy atom. The largest absolute Gasteiger partial charge is 0.426 e. The smallest absolute Gasteiger partial charge is 0.373 e. The lowest BCUT2D eigenvalue weighted by Crippen LogP contribution is -2.52. The van der Waals surface area contributed by atoms with E-state index in [0.29, 0.717) is 6.07 Å². The Morgan fingerprint density at radius 1 is 1.07 bits per heavy atom. The molecule has 1 atom stereocenters. The lowest BCUT2D eigenvalue weighted by molar-refractivity contribution is -0.242. The van der Waals surface area contributed by atoms with Gasteiger partial charge in [-0.25, -0.2) is 17.2 Å². The fourth-order valence-electron chi connectivity index (χ4n) is 1.95. The van der Waals surface area contributed by atoms with Gasteiger partial charge < -0.3 is 10.4 Å². The molecule has 2 aromatic rings. The highest BCUT2D eigenvalue weighted by Crippen LogP contribution is 2.35. The van der Waals surface area contributed by atoms with Crippen molar-refractivity contribution in [1.82, 2.24) is 0 Å². The standard InChI is InChI=1S/C16H11ClF5NO4S/c1-15(25,16(20,21)22)14(24)23-10-6-7-11(13(19)12(10)17)28(26,27)9-4-2-8(18)3-5-9/h2-7,25H,1H3,(H,23,24). The van der Waals surface area contributed by atoms with Crippen LogP contribution in [-0.4, -0.2) is 31.2 Å². The number of sulfone groups is 1. The minimum absolute atomic E-state index is 0.181. The molecule has 12 heteroatoms. The monoisotopic (exact) mass is 443 g/mol. The van der Waals surface area contributed by atoms with Crippen molar-refractivity contribution < 1.29 is 40.3 Å². The van der Waals surface area contributed by atoms with E-state index in [-0.39, 0.29) is 6.92 Å². The summed E-state index contributed by atoms with van der Waals surface area (Å²) < 4.78 is 90.4. The summed E-state index contributed by atoms with van der Waals surface area (Å²) >= 11 is 5.65. The molecule has 0 radical (unpaired) electrons. The zero-order valence-corrected chi connectivity index (χ0v) is 15.4. The summed E-state index contributed by atoms with van der Waals surface area (Å²) in [4.78, 5) is 10.3. The number of benzene rings is 2. The molecule has 0 aliphatic carbocycles. The van der Waals surface area contributed by atoms with Crippen LogP contribution < -0.4 is 5.32 Å². The van der Waals surface area contributed by atoms with Gasteiger partial charge in [-0.2, -0.15) is 13.2 Å². The number of rotatable bonds is 4. The van der Waals surface area contributed by atoms with Crippen molar-refractivity contribution in [2.75, 3.05) is 5.32 Å². The Hall–Kier alpha value is -2.24. The second kappa shape index (κ2) is 7.30. The number of carbonyl (C=O) groups excluding carboxylic acids is 1. The Kier molecular flexibility index (Phi) is 5.75. The van der Waals surface area contributed by atoms with Crippen molar-refractivity contribution in [1.29, 1.82) is 0 Å². The SMILES string of the molecule is CC(O)(C(=O)Nc1ccc(S(=O)(=O)c2ccc(F)cc2)c(F)c1Cl)C(F)(F)F. The molecule has 28 heavy (non-hydrogen) atoms. The van der Waals surface area contributed by atoms with Crippen molar-refractivity contribution in [3.63, 3.8) is 0 Å². The van der Waals surface area contributed by atoms with Gasteiger partial charge in [0.25, 0.3) is 5.91 Å². The number of hydrogen-bond acceptors (Lipinski definition) is 4. The first-order valence-electron chi connectivity index (χ1n) is 7.29. The van der Waals surface area contributed by atoms with E-state index >= 15 is 0 Å². The number of anilines is 1.